The minimum Gasteiger partial charge on any atom is -0.437 e. The van der Waals surface area contributed by atoms with Crippen LogP contribution in [-0.2, 0) is 4.74 Å². The van der Waals surface area contributed by atoms with Crippen molar-refractivity contribution in [1.82, 2.24) is 0 Å². The van der Waals surface area contributed by atoms with Crippen molar-refractivity contribution in [1.29, 1.82) is 0 Å². The maximum absolute atomic E-state index is 10.6. The minimum atomic E-state index is -0.799. The molecule has 1 aromatic carbocycles. The first-order valence-corrected chi connectivity index (χ1v) is 3.45. The third kappa shape index (κ3) is 2.55. The third-order valence-corrected chi connectivity index (χ3v) is 1.31. The van der Waals surface area contributed by atoms with E-state index >= 15 is 0 Å². The maximum atomic E-state index is 10.6. The van der Waals surface area contributed by atoms with Crippen LogP contribution in [0.2, 0.25) is 0 Å². The van der Waals surface area contributed by atoms with Crippen LogP contribution in [0.3, 0.4) is 0 Å². The van der Waals surface area contributed by atoms with E-state index in [2.05, 4.69) is 14.7 Å². The fraction of sp³-hybridized carbons (Fsp3) is 0.125. The van der Waals surface area contributed by atoms with E-state index < -0.39 is 6.16 Å². The number of ether oxygens (including phenoxy) is 2. The summed E-state index contributed by atoms with van der Waals surface area (Å²) in [6, 6.07) is 5.78. The highest BCUT2D eigenvalue weighted by atomic mass is 16.7. The van der Waals surface area contributed by atoms with Crippen LogP contribution in [0.25, 0.3) is 0 Å². The highest BCUT2D eigenvalue weighted by Gasteiger charge is 2.02. The third-order valence-electron chi connectivity index (χ3n) is 1.31. The molecule has 5 heteroatoms. The molecule has 0 N–H and O–H groups in total. The molecule has 0 bridgehead atoms. The molecule has 0 aromatic heterocycles. The molecule has 0 aliphatic carbocycles. The van der Waals surface area contributed by atoms with Crippen molar-refractivity contribution < 1.29 is 14.3 Å². The predicted octanol–water partition coefficient (Wildman–Crippen LogP) is 2.23. The van der Waals surface area contributed by atoms with Crippen LogP contribution in [0.1, 0.15) is 0 Å². The number of hydrogen-bond donors (Lipinski definition) is 0. The second-order valence-electron chi connectivity index (χ2n) is 2.14. The smallest absolute Gasteiger partial charge is 0.437 e. The highest BCUT2D eigenvalue weighted by molar-refractivity contribution is 5.63. The van der Waals surface area contributed by atoms with Crippen LogP contribution >= 0.6 is 0 Å². The summed E-state index contributed by atoms with van der Waals surface area (Å²) in [7, 11) is 1.21. The Hall–Kier alpha value is -1.91. The molecule has 0 aliphatic heterocycles. The van der Waals surface area contributed by atoms with E-state index in [1.54, 1.807) is 0 Å². The van der Waals surface area contributed by atoms with Crippen molar-refractivity contribution in [2.75, 3.05) is 7.11 Å². The Morgan fingerprint density at radius 3 is 2.38 bits per heavy atom. The van der Waals surface area contributed by atoms with Gasteiger partial charge in [-0.25, -0.2) is 4.79 Å². The number of rotatable bonds is 2. The predicted molar refractivity (Wildman–Crippen MR) is 44.9 cm³/mol. The van der Waals surface area contributed by atoms with E-state index in [1.807, 2.05) is 0 Å². The highest BCUT2D eigenvalue weighted by Crippen LogP contribution is 2.17. The van der Waals surface area contributed by atoms with Crippen LogP contribution in [-0.4, -0.2) is 13.3 Å². The fourth-order valence-electron chi connectivity index (χ4n) is 0.713. The van der Waals surface area contributed by atoms with Gasteiger partial charge < -0.3 is 9.47 Å². The summed E-state index contributed by atoms with van der Waals surface area (Å²) in [5.41, 5.74) is 0.275. The summed E-state index contributed by atoms with van der Waals surface area (Å²) in [6.07, 6.45) is -0.799. The van der Waals surface area contributed by atoms with Crippen LogP contribution in [0.15, 0.2) is 29.4 Å². The molecule has 1 aromatic rings. The second-order valence-corrected chi connectivity index (χ2v) is 2.14. The quantitative estimate of drug-likeness (QED) is 0.398. The molecule has 0 spiro atoms. The molecule has 68 valence electrons. The molecular weight excluding hydrogens is 174 g/mol. The Morgan fingerprint density at radius 1 is 1.31 bits per heavy atom. The van der Waals surface area contributed by atoms with E-state index in [1.165, 1.54) is 31.4 Å². The topological polar surface area (TPSA) is 65.0 Å². The monoisotopic (exact) mass is 181 g/mol. The lowest BCUT2D eigenvalue weighted by Crippen LogP contribution is -2.06. The summed E-state index contributed by atoms with van der Waals surface area (Å²) in [5.74, 6) is 0.305. The summed E-state index contributed by atoms with van der Waals surface area (Å²) < 4.78 is 8.92. The van der Waals surface area contributed by atoms with Crippen molar-refractivity contribution in [3.8, 4) is 5.75 Å². The lowest BCUT2D eigenvalue weighted by molar-refractivity contribution is 0.121. The van der Waals surface area contributed by atoms with E-state index in [-0.39, 0.29) is 5.69 Å². The maximum Gasteiger partial charge on any atom is 0.513 e. The van der Waals surface area contributed by atoms with Crippen LogP contribution in [0.5, 0.6) is 5.75 Å². The van der Waals surface area contributed by atoms with Crippen molar-refractivity contribution in [2.45, 2.75) is 0 Å². The van der Waals surface area contributed by atoms with Gasteiger partial charge in [0, 0.05) is 0 Å². The summed E-state index contributed by atoms with van der Waals surface area (Å²) in [6.45, 7) is 0. The van der Waals surface area contributed by atoms with Gasteiger partial charge in [-0.3, -0.25) is 0 Å². The number of carbonyl (C=O) groups excluding carboxylic acids is 1. The Kier molecular flexibility index (Phi) is 2.97. The van der Waals surface area contributed by atoms with Gasteiger partial charge in [0.2, 0.25) is 0 Å². The molecule has 0 radical (unpaired) electrons. The van der Waals surface area contributed by atoms with Gasteiger partial charge in [-0.2, -0.15) is 0 Å². The molecule has 13 heavy (non-hydrogen) atoms. The van der Waals surface area contributed by atoms with Gasteiger partial charge in [-0.15, -0.1) is 4.91 Å². The van der Waals surface area contributed by atoms with Gasteiger partial charge in [0.15, 0.2) is 0 Å². The van der Waals surface area contributed by atoms with Gasteiger partial charge in [-0.1, -0.05) is 0 Å². The SMILES string of the molecule is COC(=O)Oc1ccc(N=O)cc1. The summed E-state index contributed by atoms with van der Waals surface area (Å²) >= 11 is 0. The Morgan fingerprint density at radius 2 is 1.92 bits per heavy atom. The molecular formula is C8H7NO4. The fourth-order valence-corrected chi connectivity index (χ4v) is 0.713. The molecule has 0 atom stereocenters. The van der Waals surface area contributed by atoms with Crippen molar-refractivity contribution in [3.63, 3.8) is 0 Å². The van der Waals surface area contributed by atoms with E-state index in [4.69, 9.17) is 0 Å². The van der Waals surface area contributed by atoms with Crippen molar-refractivity contribution >= 4 is 11.8 Å². The number of methoxy groups -OCH3 is 1. The molecule has 1 rings (SSSR count). The zero-order chi connectivity index (χ0) is 9.68. The molecule has 0 aliphatic rings. The molecule has 0 fully saturated rings. The Balaban J connectivity index is 2.69. The number of carbonyl (C=O) groups is 1. The largest absolute Gasteiger partial charge is 0.513 e. The number of hydrogen-bond acceptors (Lipinski definition) is 5. The Labute approximate surface area is 74.2 Å². The lowest BCUT2D eigenvalue weighted by Gasteiger charge is -2.00. The standard InChI is InChI=1S/C8H7NO4/c1-12-8(10)13-7-4-2-6(9-11)3-5-7/h2-5H,1H3. The molecule has 0 saturated heterocycles. The zero-order valence-electron chi connectivity index (χ0n) is 6.89. The van der Waals surface area contributed by atoms with E-state index in [0.29, 0.717) is 5.75 Å². The summed E-state index contributed by atoms with van der Waals surface area (Å²) in [4.78, 5) is 20.6. The van der Waals surface area contributed by atoms with Crippen molar-refractivity contribution in [2.24, 2.45) is 5.18 Å². The van der Waals surface area contributed by atoms with Gasteiger partial charge in [-0.05, 0) is 29.4 Å². The number of nitrogens with zero attached hydrogens (tertiary/aromatic N) is 1. The van der Waals surface area contributed by atoms with Crippen molar-refractivity contribution in [3.05, 3.63) is 29.2 Å². The molecule has 0 unspecified atom stereocenters. The van der Waals surface area contributed by atoms with Crippen LogP contribution in [0.4, 0.5) is 10.5 Å². The normalized spacial score (nSPS) is 9.00. The molecule has 0 heterocycles. The van der Waals surface area contributed by atoms with Gasteiger partial charge >= 0.3 is 6.16 Å². The first-order chi connectivity index (χ1) is 6.26. The van der Waals surface area contributed by atoms with Gasteiger partial charge in [0.1, 0.15) is 11.4 Å². The molecule has 0 saturated carbocycles. The van der Waals surface area contributed by atoms with E-state index in [9.17, 15) is 9.70 Å². The average molecular weight is 181 g/mol. The zero-order valence-corrected chi connectivity index (χ0v) is 6.89. The average Bonchev–Trinajstić information content (AvgIpc) is 2.19. The molecule has 5 nitrogen and oxygen atoms in total. The van der Waals surface area contributed by atoms with Gasteiger partial charge in [0.25, 0.3) is 0 Å². The lowest BCUT2D eigenvalue weighted by atomic mass is 10.3. The first-order valence-electron chi connectivity index (χ1n) is 3.45. The first kappa shape index (κ1) is 9.18. The second kappa shape index (κ2) is 4.20. The van der Waals surface area contributed by atoms with Crippen LogP contribution < -0.4 is 4.74 Å². The minimum absolute atomic E-state index is 0.275. The summed E-state index contributed by atoms with van der Waals surface area (Å²) in [5, 5.41) is 2.69. The number of benzene rings is 1. The van der Waals surface area contributed by atoms with Crippen LogP contribution in [0, 0.1) is 4.91 Å². The number of nitroso groups, excluding NO2 is 1. The van der Waals surface area contributed by atoms with Gasteiger partial charge in [0.05, 0.1) is 7.11 Å². The Bertz CT molecular complexity index is 306. The van der Waals surface area contributed by atoms with E-state index in [0.717, 1.165) is 0 Å². The molecule has 0 amide bonds.